The van der Waals surface area contributed by atoms with Gasteiger partial charge in [0.2, 0.25) is 0 Å². The molecule has 2 nitrogen and oxygen atoms in total. The Morgan fingerprint density at radius 2 is 1.70 bits per heavy atom. The topological polar surface area (TPSA) is 36.7 Å². The van der Waals surface area contributed by atoms with E-state index in [0.717, 1.165) is 22.0 Å². The summed E-state index contributed by atoms with van der Waals surface area (Å²) in [5.41, 5.74) is 2.49. The van der Waals surface area contributed by atoms with E-state index in [9.17, 15) is 0 Å². The third-order valence-corrected chi connectivity index (χ3v) is 3.21. The summed E-state index contributed by atoms with van der Waals surface area (Å²) in [6, 6.07) is 19.9. The molecule has 0 aliphatic heterocycles. The summed E-state index contributed by atoms with van der Waals surface area (Å²) in [6.07, 6.45) is 5.70. The maximum atomic E-state index is 9.09. The standard InChI is InChI=1S/C18H12N2/c19-13-16-7-2-1-5-14(16)9-10-18-17-8-4-3-6-15(17)11-12-20-18/h1-12H/b10-9+. The minimum atomic E-state index is 0.670. The maximum Gasteiger partial charge on any atom is 0.0997 e. The first kappa shape index (κ1) is 12.1. The van der Waals surface area contributed by atoms with Crippen LogP contribution < -0.4 is 0 Å². The van der Waals surface area contributed by atoms with Crippen molar-refractivity contribution in [3.05, 3.63) is 77.6 Å². The fourth-order valence-corrected chi connectivity index (χ4v) is 2.19. The first-order valence-corrected chi connectivity index (χ1v) is 6.39. The van der Waals surface area contributed by atoms with E-state index in [1.807, 2.05) is 54.6 Å². The summed E-state index contributed by atoms with van der Waals surface area (Å²) in [5, 5.41) is 11.4. The molecule has 0 radical (unpaired) electrons. The molecule has 0 saturated heterocycles. The zero-order valence-electron chi connectivity index (χ0n) is 10.8. The molecule has 20 heavy (non-hydrogen) atoms. The molecule has 1 aromatic heterocycles. The van der Waals surface area contributed by atoms with Crippen LogP contribution in [0, 0.1) is 11.3 Å². The van der Waals surface area contributed by atoms with Crippen molar-refractivity contribution in [2.24, 2.45) is 0 Å². The van der Waals surface area contributed by atoms with E-state index in [0.29, 0.717) is 5.56 Å². The zero-order chi connectivity index (χ0) is 13.8. The molecule has 0 atom stereocenters. The van der Waals surface area contributed by atoms with Gasteiger partial charge in [-0.25, -0.2) is 0 Å². The highest BCUT2D eigenvalue weighted by Gasteiger charge is 1.99. The molecule has 94 valence electrons. The first-order valence-electron chi connectivity index (χ1n) is 6.39. The number of pyridine rings is 1. The van der Waals surface area contributed by atoms with E-state index in [-0.39, 0.29) is 0 Å². The van der Waals surface area contributed by atoms with E-state index in [1.165, 1.54) is 0 Å². The average molecular weight is 256 g/mol. The molecule has 0 aliphatic rings. The van der Waals surface area contributed by atoms with Gasteiger partial charge in [-0.05, 0) is 29.2 Å². The van der Waals surface area contributed by atoms with Crippen molar-refractivity contribution in [1.29, 1.82) is 5.26 Å². The Morgan fingerprint density at radius 1 is 0.900 bits per heavy atom. The van der Waals surface area contributed by atoms with Gasteiger partial charge in [0.15, 0.2) is 0 Å². The van der Waals surface area contributed by atoms with Crippen LogP contribution in [0.15, 0.2) is 60.8 Å². The Morgan fingerprint density at radius 3 is 2.60 bits per heavy atom. The van der Waals surface area contributed by atoms with Crippen LogP contribution in [-0.2, 0) is 0 Å². The molecule has 0 unspecified atom stereocenters. The van der Waals surface area contributed by atoms with E-state index in [2.05, 4.69) is 23.2 Å². The number of rotatable bonds is 2. The van der Waals surface area contributed by atoms with Gasteiger partial charge in [0, 0.05) is 11.6 Å². The summed E-state index contributed by atoms with van der Waals surface area (Å²) in [7, 11) is 0. The van der Waals surface area contributed by atoms with Crippen LogP contribution in [0.4, 0.5) is 0 Å². The van der Waals surface area contributed by atoms with Crippen LogP contribution in [0.3, 0.4) is 0 Å². The van der Waals surface area contributed by atoms with Crippen molar-refractivity contribution in [3.8, 4) is 6.07 Å². The van der Waals surface area contributed by atoms with Gasteiger partial charge in [-0.3, -0.25) is 4.98 Å². The number of aromatic nitrogens is 1. The first-order chi connectivity index (χ1) is 9.88. The molecule has 1 heterocycles. The second-order valence-electron chi connectivity index (χ2n) is 4.45. The number of hydrogen-bond donors (Lipinski definition) is 0. The van der Waals surface area contributed by atoms with Crippen molar-refractivity contribution in [2.75, 3.05) is 0 Å². The number of nitriles is 1. The van der Waals surface area contributed by atoms with Crippen molar-refractivity contribution in [2.45, 2.75) is 0 Å². The predicted molar refractivity (Wildman–Crippen MR) is 81.8 cm³/mol. The third kappa shape index (κ3) is 2.30. The summed E-state index contributed by atoms with van der Waals surface area (Å²) < 4.78 is 0. The van der Waals surface area contributed by atoms with E-state index in [1.54, 1.807) is 6.20 Å². The molecule has 2 aromatic carbocycles. The molecule has 0 spiro atoms. The molecule has 0 aliphatic carbocycles. The van der Waals surface area contributed by atoms with Gasteiger partial charge in [-0.1, -0.05) is 48.5 Å². The molecule has 3 rings (SSSR count). The van der Waals surface area contributed by atoms with E-state index < -0.39 is 0 Å². The predicted octanol–water partition coefficient (Wildman–Crippen LogP) is 4.28. The number of fused-ring (bicyclic) bond motifs is 1. The monoisotopic (exact) mass is 256 g/mol. The van der Waals surface area contributed by atoms with Gasteiger partial charge >= 0.3 is 0 Å². The second-order valence-corrected chi connectivity index (χ2v) is 4.45. The highest BCUT2D eigenvalue weighted by Crippen LogP contribution is 2.19. The van der Waals surface area contributed by atoms with Crippen LogP contribution in [0.1, 0.15) is 16.8 Å². The van der Waals surface area contributed by atoms with Crippen LogP contribution in [0.25, 0.3) is 22.9 Å². The van der Waals surface area contributed by atoms with Crippen LogP contribution in [-0.4, -0.2) is 4.98 Å². The molecule has 0 fully saturated rings. The molecule has 0 bridgehead atoms. The molecule has 0 N–H and O–H groups in total. The van der Waals surface area contributed by atoms with Gasteiger partial charge in [-0.15, -0.1) is 0 Å². The van der Waals surface area contributed by atoms with Gasteiger partial charge in [0.1, 0.15) is 0 Å². The lowest BCUT2D eigenvalue weighted by Gasteiger charge is -2.01. The highest BCUT2D eigenvalue weighted by molar-refractivity contribution is 5.91. The molecular formula is C18H12N2. The quantitative estimate of drug-likeness (QED) is 0.686. The van der Waals surface area contributed by atoms with E-state index >= 15 is 0 Å². The van der Waals surface area contributed by atoms with E-state index in [4.69, 9.17) is 5.26 Å². The molecule has 0 amide bonds. The van der Waals surface area contributed by atoms with Crippen molar-refractivity contribution >= 4 is 22.9 Å². The van der Waals surface area contributed by atoms with Crippen LogP contribution in [0.5, 0.6) is 0 Å². The Balaban J connectivity index is 2.05. The summed E-state index contributed by atoms with van der Waals surface area (Å²) in [4.78, 5) is 4.41. The Kier molecular flexibility index (Phi) is 3.26. The highest BCUT2D eigenvalue weighted by atomic mass is 14.7. The van der Waals surface area contributed by atoms with Crippen molar-refractivity contribution in [3.63, 3.8) is 0 Å². The summed E-state index contributed by atoms with van der Waals surface area (Å²) >= 11 is 0. The smallest absolute Gasteiger partial charge is 0.0997 e. The molecule has 3 aromatic rings. The van der Waals surface area contributed by atoms with Gasteiger partial charge in [-0.2, -0.15) is 5.26 Å². The minimum absolute atomic E-state index is 0.670. The maximum absolute atomic E-state index is 9.09. The van der Waals surface area contributed by atoms with Crippen molar-refractivity contribution < 1.29 is 0 Å². The van der Waals surface area contributed by atoms with Crippen LogP contribution >= 0.6 is 0 Å². The van der Waals surface area contributed by atoms with Gasteiger partial charge in [0.25, 0.3) is 0 Å². The Bertz CT molecular complexity index is 821. The largest absolute Gasteiger partial charge is 0.256 e. The van der Waals surface area contributed by atoms with Crippen LogP contribution in [0.2, 0.25) is 0 Å². The summed E-state index contributed by atoms with van der Waals surface area (Å²) in [6.45, 7) is 0. The fourth-order valence-electron chi connectivity index (χ4n) is 2.19. The lowest BCUT2D eigenvalue weighted by atomic mass is 10.1. The second kappa shape index (κ2) is 5.38. The fraction of sp³-hybridized carbons (Fsp3) is 0. The minimum Gasteiger partial charge on any atom is -0.256 e. The number of nitrogens with zero attached hydrogens (tertiary/aromatic N) is 2. The number of benzene rings is 2. The molecule has 2 heteroatoms. The Hall–Kier alpha value is -2.92. The zero-order valence-corrected chi connectivity index (χ0v) is 10.8. The number of hydrogen-bond acceptors (Lipinski definition) is 2. The van der Waals surface area contributed by atoms with Gasteiger partial charge in [0.05, 0.1) is 17.3 Å². The summed E-state index contributed by atoms with van der Waals surface area (Å²) in [5.74, 6) is 0. The van der Waals surface area contributed by atoms with Gasteiger partial charge < -0.3 is 0 Å². The molecule has 0 saturated carbocycles. The Labute approximate surface area is 117 Å². The lowest BCUT2D eigenvalue weighted by molar-refractivity contribution is 1.33. The normalized spacial score (nSPS) is 10.8. The van der Waals surface area contributed by atoms with Crippen molar-refractivity contribution in [1.82, 2.24) is 4.98 Å². The average Bonchev–Trinajstić information content (AvgIpc) is 2.53. The molecular weight excluding hydrogens is 244 g/mol. The lowest BCUT2D eigenvalue weighted by Crippen LogP contribution is -1.84. The SMILES string of the molecule is N#Cc1ccccc1/C=C/c1nccc2ccccc12. The third-order valence-electron chi connectivity index (χ3n) is 3.21.